The first kappa shape index (κ1) is 16.3. The molecule has 7 nitrogen and oxygen atoms in total. The summed E-state index contributed by atoms with van der Waals surface area (Å²) in [7, 11) is 0. The molecule has 0 N–H and O–H groups in total. The predicted molar refractivity (Wildman–Crippen MR) is 94.1 cm³/mol. The highest BCUT2D eigenvalue weighted by atomic mass is 19.1. The van der Waals surface area contributed by atoms with Crippen LogP contribution in [0.15, 0.2) is 54.0 Å². The van der Waals surface area contributed by atoms with Gasteiger partial charge in [-0.3, -0.25) is 9.78 Å². The van der Waals surface area contributed by atoms with Gasteiger partial charge >= 0.3 is 0 Å². The summed E-state index contributed by atoms with van der Waals surface area (Å²) in [5.74, 6) is -0.178. The summed E-state index contributed by atoms with van der Waals surface area (Å²) in [5.41, 5.74) is 1.33. The number of anilines is 1. The Labute approximate surface area is 149 Å². The minimum Gasteiger partial charge on any atom is -0.349 e. The summed E-state index contributed by atoms with van der Waals surface area (Å²) in [5, 5.41) is 4.47. The minimum absolute atomic E-state index is 0.0475. The molecule has 1 aliphatic heterocycles. The lowest BCUT2D eigenvalue weighted by molar-refractivity contribution is 0.483. The maximum absolute atomic E-state index is 14.1. The number of rotatable bonds is 4. The van der Waals surface area contributed by atoms with Crippen LogP contribution in [0, 0.1) is 5.82 Å². The first-order valence-corrected chi connectivity index (χ1v) is 8.43. The van der Waals surface area contributed by atoms with Crippen LogP contribution in [0.4, 0.5) is 10.2 Å². The molecule has 0 spiro atoms. The van der Waals surface area contributed by atoms with Gasteiger partial charge in [-0.1, -0.05) is 0 Å². The minimum atomic E-state index is -0.455. The van der Waals surface area contributed by atoms with E-state index in [1.807, 2.05) is 17.0 Å². The maximum atomic E-state index is 14.1. The number of nitrogens with zero attached hydrogens (tertiary/aromatic N) is 6. The molecule has 1 fully saturated rings. The molecular weight excluding hydrogens is 335 g/mol. The summed E-state index contributed by atoms with van der Waals surface area (Å²) in [4.78, 5) is 26.0. The second-order valence-corrected chi connectivity index (χ2v) is 6.16. The van der Waals surface area contributed by atoms with Gasteiger partial charge in [-0.15, -0.1) is 0 Å². The van der Waals surface area contributed by atoms with Crippen LogP contribution >= 0.6 is 0 Å². The molecule has 0 radical (unpaired) electrons. The third-order valence-electron chi connectivity index (χ3n) is 4.50. The van der Waals surface area contributed by atoms with Gasteiger partial charge in [0.05, 0.1) is 24.5 Å². The molecule has 3 aromatic heterocycles. The largest absolute Gasteiger partial charge is 0.349 e. The van der Waals surface area contributed by atoms with Gasteiger partial charge in [-0.05, 0) is 31.0 Å². The van der Waals surface area contributed by atoms with E-state index in [-0.39, 0.29) is 17.4 Å². The Bertz CT molecular complexity index is 961. The lowest BCUT2D eigenvalue weighted by Gasteiger charge is -2.26. The second kappa shape index (κ2) is 6.99. The molecule has 8 heteroatoms. The van der Waals surface area contributed by atoms with Crippen molar-refractivity contribution < 1.29 is 4.39 Å². The van der Waals surface area contributed by atoms with Crippen LogP contribution in [0.5, 0.6) is 0 Å². The Morgan fingerprint density at radius 1 is 1.19 bits per heavy atom. The molecule has 1 aliphatic rings. The summed E-state index contributed by atoms with van der Waals surface area (Å²) in [6.45, 7) is 1.06. The summed E-state index contributed by atoms with van der Waals surface area (Å²) >= 11 is 0. The van der Waals surface area contributed by atoms with Gasteiger partial charge in [0.15, 0.2) is 11.6 Å². The third kappa shape index (κ3) is 3.17. The van der Waals surface area contributed by atoms with E-state index in [1.165, 1.54) is 17.1 Å². The molecule has 132 valence electrons. The fourth-order valence-corrected chi connectivity index (χ4v) is 3.27. The van der Waals surface area contributed by atoms with Gasteiger partial charge in [0.2, 0.25) is 0 Å². The maximum Gasteiger partial charge on any atom is 0.266 e. The van der Waals surface area contributed by atoms with Crippen molar-refractivity contribution in [2.45, 2.75) is 25.4 Å². The standard InChI is InChI=1S/C18H17FN6O/c19-15-10-21-12-22-18(15)24-8-2-4-14(24)11-25-17(26)6-5-16(23-25)13-3-1-7-20-9-13/h1,3,5-7,9-10,12,14H,2,4,8,11H2. The smallest absolute Gasteiger partial charge is 0.266 e. The van der Waals surface area contributed by atoms with E-state index in [9.17, 15) is 9.18 Å². The highest BCUT2D eigenvalue weighted by Gasteiger charge is 2.28. The third-order valence-corrected chi connectivity index (χ3v) is 4.50. The Morgan fingerprint density at radius 2 is 2.12 bits per heavy atom. The van der Waals surface area contributed by atoms with Crippen molar-refractivity contribution in [1.82, 2.24) is 24.7 Å². The Hall–Kier alpha value is -3.16. The van der Waals surface area contributed by atoms with E-state index in [0.29, 0.717) is 18.8 Å². The predicted octanol–water partition coefficient (Wildman–Crippen LogP) is 1.90. The molecule has 0 aromatic carbocycles. The average molecular weight is 352 g/mol. The molecule has 4 heterocycles. The molecule has 4 rings (SSSR count). The van der Waals surface area contributed by atoms with Gasteiger partial charge in [0.1, 0.15) is 6.33 Å². The van der Waals surface area contributed by atoms with Gasteiger partial charge < -0.3 is 4.90 Å². The van der Waals surface area contributed by atoms with Crippen LogP contribution in [0.2, 0.25) is 0 Å². The summed E-state index contributed by atoms with van der Waals surface area (Å²) < 4.78 is 15.5. The Morgan fingerprint density at radius 3 is 2.92 bits per heavy atom. The van der Waals surface area contributed by atoms with Crippen molar-refractivity contribution in [2.24, 2.45) is 0 Å². The van der Waals surface area contributed by atoms with Crippen LogP contribution in [0.1, 0.15) is 12.8 Å². The van der Waals surface area contributed by atoms with E-state index in [4.69, 9.17) is 0 Å². The zero-order chi connectivity index (χ0) is 17.9. The molecule has 1 saturated heterocycles. The molecular formula is C18H17FN6O. The van der Waals surface area contributed by atoms with Gasteiger partial charge in [-0.25, -0.2) is 19.0 Å². The van der Waals surface area contributed by atoms with Crippen molar-refractivity contribution >= 4 is 5.82 Å². The fraction of sp³-hybridized carbons (Fsp3) is 0.278. The monoisotopic (exact) mass is 352 g/mol. The van der Waals surface area contributed by atoms with Crippen molar-refractivity contribution in [3.05, 3.63) is 65.4 Å². The molecule has 1 unspecified atom stereocenters. The fourth-order valence-electron chi connectivity index (χ4n) is 3.27. The number of aromatic nitrogens is 5. The molecule has 26 heavy (non-hydrogen) atoms. The Kier molecular flexibility index (Phi) is 4.39. The average Bonchev–Trinajstić information content (AvgIpc) is 3.12. The van der Waals surface area contributed by atoms with E-state index in [2.05, 4.69) is 20.1 Å². The van der Waals surface area contributed by atoms with Crippen molar-refractivity contribution in [3.8, 4) is 11.3 Å². The highest BCUT2D eigenvalue weighted by molar-refractivity contribution is 5.56. The molecule has 0 bridgehead atoms. The molecule has 1 atom stereocenters. The molecule has 0 saturated carbocycles. The topological polar surface area (TPSA) is 76.8 Å². The number of halogens is 1. The van der Waals surface area contributed by atoms with E-state index >= 15 is 0 Å². The van der Waals surface area contributed by atoms with Crippen LogP contribution in [0.25, 0.3) is 11.3 Å². The van der Waals surface area contributed by atoms with Crippen molar-refractivity contribution in [2.75, 3.05) is 11.4 Å². The van der Waals surface area contributed by atoms with Crippen molar-refractivity contribution in [3.63, 3.8) is 0 Å². The zero-order valence-corrected chi connectivity index (χ0v) is 14.0. The van der Waals surface area contributed by atoms with Crippen LogP contribution < -0.4 is 10.5 Å². The first-order valence-electron chi connectivity index (χ1n) is 8.43. The lowest BCUT2D eigenvalue weighted by Crippen LogP contribution is -2.38. The number of hydrogen-bond donors (Lipinski definition) is 0. The van der Waals surface area contributed by atoms with E-state index in [1.54, 1.807) is 18.5 Å². The second-order valence-electron chi connectivity index (χ2n) is 6.16. The summed E-state index contributed by atoms with van der Waals surface area (Å²) in [6.07, 6.45) is 7.63. The first-order chi connectivity index (χ1) is 12.7. The molecule has 0 amide bonds. The molecule has 3 aromatic rings. The van der Waals surface area contributed by atoms with Crippen LogP contribution in [0.3, 0.4) is 0 Å². The highest BCUT2D eigenvalue weighted by Crippen LogP contribution is 2.26. The van der Waals surface area contributed by atoms with Gasteiger partial charge in [0.25, 0.3) is 5.56 Å². The SMILES string of the molecule is O=c1ccc(-c2cccnc2)nn1CC1CCCN1c1ncncc1F. The van der Waals surface area contributed by atoms with E-state index < -0.39 is 5.82 Å². The van der Waals surface area contributed by atoms with Crippen LogP contribution in [-0.2, 0) is 6.54 Å². The van der Waals surface area contributed by atoms with Gasteiger partial charge in [0, 0.05) is 30.6 Å². The van der Waals surface area contributed by atoms with Crippen molar-refractivity contribution in [1.29, 1.82) is 0 Å². The van der Waals surface area contributed by atoms with Gasteiger partial charge in [-0.2, -0.15) is 5.10 Å². The zero-order valence-electron chi connectivity index (χ0n) is 14.0. The quantitative estimate of drug-likeness (QED) is 0.714. The number of hydrogen-bond acceptors (Lipinski definition) is 6. The normalized spacial score (nSPS) is 16.8. The summed E-state index contributed by atoms with van der Waals surface area (Å²) in [6, 6.07) is 6.85. The lowest BCUT2D eigenvalue weighted by atomic mass is 10.2. The molecule has 0 aliphatic carbocycles. The van der Waals surface area contributed by atoms with Crippen LogP contribution in [-0.4, -0.2) is 37.3 Å². The van der Waals surface area contributed by atoms with E-state index in [0.717, 1.165) is 24.6 Å². The number of pyridine rings is 1. The Balaban J connectivity index is 1.62.